The van der Waals surface area contributed by atoms with Gasteiger partial charge in [-0.15, -0.1) is 0 Å². The van der Waals surface area contributed by atoms with E-state index in [1.807, 2.05) is 13.8 Å². The Labute approximate surface area is 170 Å². The number of sulfone groups is 1. The van der Waals surface area contributed by atoms with Gasteiger partial charge < -0.3 is 10.6 Å². The maximum atomic E-state index is 13.3. The van der Waals surface area contributed by atoms with Gasteiger partial charge in [-0.3, -0.25) is 14.6 Å². The highest BCUT2D eigenvalue weighted by Gasteiger charge is 2.31. The molecule has 0 bridgehead atoms. The smallest absolute Gasteiger partial charge is 0.309 e. The minimum Gasteiger partial charge on any atom is -0.346 e. The second kappa shape index (κ2) is 8.73. The van der Waals surface area contributed by atoms with Gasteiger partial charge >= 0.3 is 11.8 Å². The largest absolute Gasteiger partial charge is 0.346 e. The number of amides is 2. The molecule has 1 fully saturated rings. The fourth-order valence-electron chi connectivity index (χ4n) is 2.92. The van der Waals surface area contributed by atoms with Crippen molar-refractivity contribution < 1.29 is 18.0 Å². The van der Waals surface area contributed by atoms with E-state index < -0.39 is 26.9 Å². The molecular weight excluding hydrogens is 390 g/mol. The number of nitrogens with one attached hydrogen (secondary N) is 2. The Hall–Kier alpha value is -2.74. The van der Waals surface area contributed by atoms with E-state index in [9.17, 15) is 18.0 Å². The predicted molar refractivity (Wildman–Crippen MR) is 109 cm³/mol. The summed E-state index contributed by atoms with van der Waals surface area (Å²) in [5, 5.41) is 4.00. The van der Waals surface area contributed by atoms with Crippen LogP contribution in [0.2, 0.25) is 0 Å². The van der Waals surface area contributed by atoms with Gasteiger partial charge in [0.05, 0.1) is 4.90 Å². The second-order valence-corrected chi connectivity index (χ2v) is 9.63. The highest BCUT2D eigenvalue weighted by molar-refractivity contribution is 7.91. The number of pyridine rings is 1. The zero-order valence-electron chi connectivity index (χ0n) is 16.5. The number of rotatable bonds is 7. The van der Waals surface area contributed by atoms with Crippen LogP contribution in [0.15, 0.2) is 53.7 Å². The van der Waals surface area contributed by atoms with Crippen molar-refractivity contribution in [3.05, 3.63) is 59.9 Å². The second-order valence-electron chi connectivity index (χ2n) is 7.50. The van der Waals surface area contributed by atoms with Gasteiger partial charge in [0.1, 0.15) is 5.25 Å². The molecule has 1 saturated carbocycles. The molecule has 0 spiro atoms. The summed E-state index contributed by atoms with van der Waals surface area (Å²) in [4.78, 5) is 28.1. The lowest BCUT2D eigenvalue weighted by molar-refractivity contribution is -0.139. The molecule has 0 radical (unpaired) electrons. The molecule has 154 valence electrons. The summed E-state index contributed by atoms with van der Waals surface area (Å²) in [6.07, 6.45) is 4.73. The highest BCUT2D eigenvalue weighted by Crippen LogP contribution is 2.29. The van der Waals surface area contributed by atoms with E-state index in [2.05, 4.69) is 15.6 Å². The number of hydrogen-bond donors (Lipinski definition) is 2. The van der Waals surface area contributed by atoms with Crippen molar-refractivity contribution in [2.24, 2.45) is 0 Å². The lowest BCUT2D eigenvalue weighted by Gasteiger charge is -2.19. The number of carbonyl (C=O) groups excluding carboxylic acids is 2. The average molecular weight is 416 g/mol. The summed E-state index contributed by atoms with van der Waals surface area (Å²) < 4.78 is 26.6. The molecule has 0 unspecified atom stereocenters. The van der Waals surface area contributed by atoms with Gasteiger partial charge in [-0.2, -0.15) is 0 Å². The summed E-state index contributed by atoms with van der Waals surface area (Å²) in [5.41, 5.74) is 1.48. The van der Waals surface area contributed by atoms with Crippen molar-refractivity contribution in [2.45, 2.75) is 48.8 Å². The quantitative estimate of drug-likeness (QED) is 0.674. The predicted octanol–water partition coefficient (Wildman–Crippen LogP) is 2.11. The van der Waals surface area contributed by atoms with Gasteiger partial charge in [-0.1, -0.05) is 32.0 Å². The van der Waals surface area contributed by atoms with Crippen LogP contribution in [0.25, 0.3) is 0 Å². The molecule has 1 atom stereocenters. The number of aromatic nitrogens is 1. The van der Waals surface area contributed by atoms with Crippen LogP contribution in [-0.2, 0) is 19.4 Å². The molecule has 3 rings (SSSR count). The van der Waals surface area contributed by atoms with Crippen LogP contribution in [-0.4, -0.2) is 37.8 Å². The molecule has 2 amide bonds. The fraction of sp³-hybridized carbons (Fsp3) is 0.381. The molecule has 0 saturated heterocycles. The molecule has 2 aromatic rings. The van der Waals surface area contributed by atoms with Crippen LogP contribution in [0.4, 0.5) is 0 Å². The minimum atomic E-state index is -3.82. The average Bonchev–Trinajstić information content (AvgIpc) is 3.52. The van der Waals surface area contributed by atoms with Gasteiger partial charge in [0, 0.05) is 25.0 Å². The van der Waals surface area contributed by atoms with Gasteiger partial charge in [0.25, 0.3) is 0 Å². The van der Waals surface area contributed by atoms with Crippen LogP contribution < -0.4 is 10.6 Å². The van der Waals surface area contributed by atoms with E-state index in [-0.39, 0.29) is 23.4 Å². The number of benzene rings is 1. The van der Waals surface area contributed by atoms with Crippen molar-refractivity contribution in [2.75, 3.05) is 6.54 Å². The molecule has 1 aliphatic carbocycles. The Kier molecular flexibility index (Phi) is 6.32. The summed E-state index contributed by atoms with van der Waals surface area (Å²) in [5.74, 6) is -1.29. The maximum Gasteiger partial charge on any atom is 0.309 e. The van der Waals surface area contributed by atoms with Crippen molar-refractivity contribution >= 4 is 21.7 Å². The molecule has 2 N–H and O–H groups in total. The Morgan fingerprint density at radius 2 is 1.76 bits per heavy atom. The van der Waals surface area contributed by atoms with Crippen LogP contribution in [0.3, 0.4) is 0 Å². The van der Waals surface area contributed by atoms with Crippen molar-refractivity contribution in [1.29, 1.82) is 0 Å². The first kappa shape index (κ1) is 21.0. The Morgan fingerprint density at radius 3 is 2.31 bits per heavy atom. The number of carbonyl (C=O) groups is 2. The fourth-order valence-corrected chi connectivity index (χ4v) is 4.57. The van der Waals surface area contributed by atoms with E-state index in [1.54, 1.807) is 42.6 Å². The monoisotopic (exact) mass is 415 g/mol. The molecule has 1 aliphatic rings. The number of hydrogen-bond acceptors (Lipinski definition) is 5. The molecule has 8 heteroatoms. The molecule has 1 aromatic heterocycles. The van der Waals surface area contributed by atoms with Gasteiger partial charge in [0.15, 0.2) is 9.84 Å². The first-order valence-electron chi connectivity index (χ1n) is 9.61. The van der Waals surface area contributed by atoms with Gasteiger partial charge in [-0.05, 0) is 48.1 Å². The summed E-state index contributed by atoms with van der Waals surface area (Å²) in [6.45, 7) is 3.84. The van der Waals surface area contributed by atoms with E-state index >= 15 is 0 Å². The van der Waals surface area contributed by atoms with E-state index in [1.165, 1.54) is 6.20 Å². The lowest BCUT2D eigenvalue weighted by Crippen LogP contribution is -2.43. The van der Waals surface area contributed by atoms with Crippen LogP contribution in [0.5, 0.6) is 0 Å². The molecule has 0 aliphatic heterocycles. The third-order valence-corrected chi connectivity index (χ3v) is 6.99. The highest BCUT2D eigenvalue weighted by atomic mass is 32.2. The molecular formula is C21H25N3O4S. The van der Waals surface area contributed by atoms with Crippen LogP contribution >= 0.6 is 0 Å². The Balaban J connectivity index is 1.82. The minimum absolute atomic E-state index is 0.0468. The van der Waals surface area contributed by atoms with Crippen molar-refractivity contribution in [3.63, 3.8) is 0 Å². The zero-order chi connectivity index (χ0) is 21.0. The SMILES string of the molecule is CC(C)c1ccc(S(=O)(=O)[C@@H](CNC(=O)C(=O)NC2CC2)c2cccnc2)cc1. The molecule has 1 heterocycles. The molecule has 1 aromatic carbocycles. The van der Waals surface area contributed by atoms with Crippen molar-refractivity contribution in [3.8, 4) is 0 Å². The molecule has 7 nitrogen and oxygen atoms in total. The van der Waals surface area contributed by atoms with Crippen LogP contribution in [0.1, 0.15) is 49.0 Å². The van der Waals surface area contributed by atoms with E-state index in [4.69, 9.17) is 0 Å². The Morgan fingerprint density at radius 1 is 1.07 bits per heavy atom. The first-order valence-corrected chi connectivity index (χ1v) is 11.2. The summed E-state index contributed by atoms with van der Waals surface area (Å²) in [7, 11) is -3.82. The van der Waals surface area contributed by atoms with Crippen molar-refractivity contribution in [1.82, 2.24) is 15.6 Å². The van der Waals surface area contributed by atoms with Gasteiger partial charge in [-0.25, -0.2) is 8.42 Å². The summed E-state index contributed by atoms with van der Waals surface area (Å²) >= 11 is 0. The standard InChI is InChI=1S/C21H25N3O4S/c1-14(2)15-5-9-18(10-6-15)29(27,28)19(16-4-3-11-22-12-16)13-23-20(25)21(26)24-17-7-8-17/h3-6,9-12,14,17,19H,7-8,13H2,1-2H3,(H,23,25)(H,24,26)/t19-/m0/s1. The third kappa shape index (κ3) is 5.20. The van der Waals surface area contributed by atoms with Gasteiger partial charge in [0.2, 0.25) is 0 Å². The number of nitrogens with zero attached hydrogens (tertiary/aromatic N) is 1. The maximum absolute atomic E-state index is 13.3. The van der Waals surface area contributed by atoms with E-state index in [0.717, 1.165) is 18.4 Å². The zero-order valence-corrected chi connectivity index (χ0v) is 17.3. The summed E-state index contributed by atoms with van der Waals surface area (Å²) in [6, 6.07) is 10.1. The third-order valence-electron chi connectivity index (χ3n) is 4.87. The normalized spacial score (nSPS) is 15.0. The van der Waals surface area contributed by atoms with Crippen LogP contribution in [0, 0.1) is 0 Å². The van der Waals surface area contributed by atoms with E-state index in [0.29, 0.717) is 5.56 Å². The Bertz CT molecular complexity index is 969. The topological polar surface area (TPSA) is 105 Å². The first-order chi connectivity index (χ1) is 13.8. The lowest BCUT2D eigenvalue weighted by atomic mass is 10.0. The molecule has 29 heavy (non-hydrogen) atoms.